The van der Waals surface area contributed by atoms with E-state index in [2.05, 4.69) is 65.0 Å². The average Bonchev–Trinajstić information content (AvgIpc) is 3.47. The van der Waals surface area contributed by atoms with E-state index in [4.69, 9.17) is 23.2 Å². The second kappa shape index (κ2) is 12.1. The Bertz CT molecular complexity index is 1950. The third kappa shape index (κ3) is 6.63. The van der Waals surface area contributed by atoms with Gasteiger partial charge < -0.3 is 16.0 Å². The van der Waals surface area contributed by atoms with E-state index in [1.807, 2.05) is 23.0 Å². The van der Waals surface area contributed by atoms with Crippen molar-refractivity contribution in [1.29, 1.82) is 5.26 Å². The van der Waals surface area contributed by atoms with Crippen molar-refractivity contribution in [2.45, 2.75) is 63.7 Å². The first-order valence-electron chi connectivity index (χ1n) is 14.8. The van der Waals surface area contributed by atoms with Crippen molar-refractivity contribution in [3.63, 3.8) is 0 Å². The molecule has 5 aromatic rings. The number of halogens is 4. The number of anilines is 3. The fraction of sp³-hybridized carbons (Fsp3) is 0.294. The van der Waals surface area contributed by atoms with Gasteiger partial charge in [0.2, 0.25) is 0 Å². The van der Waals surface area contributed by atoms with Gasteiger partial charge in [-0.2, -0.15) is 5.26 Å². The van der Waals surface area contributed by atoms with Gasteiger partial charge in [0.1, 0.15) is 23.4 Å². The van der Waals surface area contributed by atoms with E-state index in [0.29, 0.717) is 38.7 Å². The Morgan fingerprint density at radius 2 is 1.74 bits per heavy atom. The summed E-state index contributed by atoms with van der Waals surface area (Å²) < 4.78 is 31.1. The molecular formula is C34H32Cl2F2N8. The molecule has 3 aromatic carbocycles. The van der Waals surface area contributed by atoms with E-state index in [1.165, 1.54) is 36.5 Å². The molecule has 3 N–H and O–H groups in total. The number of fused-ring (bicyclic) bond motifs is 1. The fourth-order valence-electron chi connectivity index (χ4n) is 6.51. The van der Waals surface area contributed by atoms with Crippen LogP contribution in [-0.2, 0) is 0 Å². The highest BCUT2D eigenvalue weighted by Gasteiger charge is 2.39. The van der Waals surface area contributed by atoms with E-state index in [1.54, 1.807) is 12.1 Å². The van der Waals surface area contributed by atoms with Gasteiger partial charge in [0, 0.05) is 33.4 Å². The zero-order chi connectivity index (χ0) is 32.8. The maximum atomic E-state index is 15.4. The average molecular weight is 662 g/mol. The molecule has 0 bridgehead atoms. The predicted molar refractivity (Wildman–Crippen MR) is 178 cm³/mol. The molecule has 0 aliphatic carbocycles. The van der Waals surface area contributed by atoms with E-state index in [0.717, 1.165) is 18.4 Å². The molecule has 1 atom stereocenters. The topological polar surface area (TPSA) is 103 Å². The summed E-state index contributed by atoms with van der Waals surface area (Å²) in [6.45, 7) is 8.74. The number of nitrogens with zero attached hydrogens (tertiary/aromatic N) is 5. The van der Waals surface area contributed by atoms with Crippen LogP contribution in [0.1, 0.15) is 69.4 Å². The Morgan fingerprint density at radius 1 is 1.02 bits per heavy atom. The fourth-order valence-corrected chi connectivity index (χ4v) is 6.82. The van der Waals surface area contributed by atoms with E-state index < -0.39 is 17.7 Å². The lowest BCUT2D eigenvalue weighted by atomic mass is 9.80. The van der Waals surface area contributed by atoms with Gasteiger partial charge in [0.25, 0.3) is 0 Å². The number of hydrogen-bond donors (Lipinski definition) is 3. The van der Waals surface area contributed by atoms with E-state index >= 15 is 4.39 Å². The quantitative estimate of drug-likeness (QED) is 0.160. The van der Waals surface area contributed by atoms with Crippen LogP contribution in [0.3, 0.4) is 0 Å². The second-order valence-electron chi connectivity index (χ2n) is 13.0. The molecule has 1 saturated heterocycles. The molecule has 6 rings (SSSR count). The van der Waals surface area contributed by atoms with Crippen LogP contribution >= 0.6 is 23.2 Å². The minimum absolute atomic E-state index is 0.0915. The maximum absolute atomic E-state index is 15.4. The van der Waals surface area contributed by atoms with Gasteiger partial charge in [0.15, 0.2) is 0 Å². The molecular weight excluding hydrogens is 629 g/mol. The molecule has 0 saturated carbocycles. The van der Waals surface area contributed by atoms with Crippen molar-refractivity contribution >= 4 is 51.2 Å². The summed E-state index contributed by atoms with van der Waals surface area (Å²) in [5.41, 5.74) is 2.96. The van der Waals surface area contributed by atoms with Gasteiger partial charge in [-0.3, -0.25) is 4.98 Å². The molecule has 236 valence electrons. The molecule has 1 aliphatic heterocycles. The number of hydrogen-bond acceptors (Lipinski definition) is 7. The van der Waals surface area contributed by atoms with Crippen molar-refractivity contribution in [3.05, 3.63) is 105 Å². The molecule has 0 spiro atoms. The molecule has 1 fully saturated rings. The second-order valence-corrected chi connectivity index (χ2v) is 13.8. The van der Waals surface area contributed by atoms with Crippen LogP contribution in [0.5, 0.6) is 0 Å². The minimum atomic E-state index is -0.581. The monoisotopic (exact) mass is 660 g/mol. The third-order valence-electron chi connectivity index (χ3n) is 8.12. The highest BCUT2D eigenvalue weighted by atomic mass is 35.5. The summed E-state index contributed by atoms with van der Waals surface area (Å²) >= 11 is 12.2. The molecule has 2 aromatic heterocycles. The van der Waals surface area contributed by atoms with Crippen LogP contribution < -0.4 is 16.0 Å². The molecule has 8 nitrogen and oxygen atoms in total. The predicted octanol–water partition coefficient (Wildman–Crippen LogP) is 8.71. The number of piperidine rings is 1. The van der Waals surface area contributed by atoms with Crippen molar-refractivity contribution in [2.24, 2.45) is 0 Å². The highest BCUT2D eigenvalue weighted by Crippen LogP contribution is 2.38. The lowest BCUT2D eigenvalue weighted by Gasteiger charge is -2.46. The third-order valence-corrected chi connectivity index (χ3v) is 8.66. The zero-order valence-corrected chi connectivity index (χ0v) is 27.2. The zero-order valence-electron chi connectivity index (χ0n) is 25.7. The Labute approximate surface area is 275 Å². The standard InChI is InChI=1S/C34H32Cl2F2N8/c1-33(2)14-24(15-34(3,4)44-33)46-18-29(43-45-46)31(19-5-7-21(35)8-6-19)42-28-12-22(37)11-25-30(20(16-39)17-40-32(25)28)41-23-9-10-27(38)26(36)13-23/h5-13,17-18,24,31,42,44H,14-15H2,1-4H3,(H,40,41)/t31-/m0/s1. The van der Waals surface area contributed by atoms with Gasteiger partial charge in [0.05, 0.1) is 45.8 Å². The van der Waals surface area contributed by atoms with Crippen LogP contribution in [0.15, 0.2) is 67.0 Å². The van der Waals surface area contributed by atoms with Gasteiger partial charge in [-0.1, -0.05) is 40.5 Å². The molecule has 0 unspecified atom stereocenters. The largest absolute Gasteiger partial charge is 0.371 e. The number of aromatic nitrogens is 4. The van der Waals surface area contributed by atoms with Gasteiger partial charge in [-0.25, -0.2) is 13.5 Å². The van der Waals surface area contributed by atoms with E-state index in [9.17, 15) is 9.65 Å². The minimum Gasteiger partial charge on any atom is -0.371 e. The normalized spacial score (nSPS) is 16.6. The molecule has 1 aliphatic rings. The summed E-state index contributed by atoms with van der Waals surface area (Å²) in [7, 11) is 0. The number of nitriles is 1. The number of benzene rings is 3. The Kier molecular flexibility index (Phi) is 8.36. The first-order valence-corrected chi connectivity index (χ1v) is 15.5. The number of nitrogens with one attached hydrogen (secondary N) is 3. The molecule has 3 heterocycles. The molecule has 0 radical (unpaired) electrons. The van der Waals surface area contributed by atoms with Crippen LogP contribution in [0.25, 0.3) is 10.9 Å². The van der Waals surface area contributed by atoms with Crippen molar-refractivity contribution < 1.29 is 8.78 Å². The highest BCUT2D eigenvalue weighted by molar-refractivity contribution is 6.31. The van der Waals surface area contributed by atoms with E-state index in [-0.39, 0.29) is 27.7 Å². The summed E-state index contributed by atoms with van der Waals surface area (Å²) in [6, 6.07) is 15.7. The van der Waals surface area contributed by atoms with Crippen LogP contribution in [0.4, 0.5) is 25.8 Å². The Balaban J connectivity index is 1.42. The molecule has 0 amide bonds. The summed E-state index contributed by atoms with van der Waals surface area (Å²) in [5, 5.41) is 30.1. The number of pyridine rings is 1. The molecule has 12 heteroatoms. The Morgan fingerprint density at radius 3 is 2.41 bits per heavy atom. The maximum Gasteiger partial charge on any atom is 0.141 e. The van der Waals surface area contributed by atoms with Gasteiger partial charge in [-0.05, 0) is 88.6 Å². The SMILES string of the molecule is CC1(C)CC(n2cc([C@@H](Nc3cc(F)cc4c(Nc5ccc(F)c(Cl)c5)c(C#N)cnc34)c3ccc(Cl)cc3)nn2)CC(C)(C)N1. The lowest BCUT2D eigenvalue weighted by Crippen LogP contribution is -2.58. The number of rotatable bonds is 7. The van der Waals surface area contributed by atoms with Gasteiger partial charge >= 0.3 is 0 Å². The summed E-state index contributed by atoms with van der Waals surface area (Å²) in [4.78, 5) is 4.55. The smallest absolute Gasteiger partial charge is 0.141 e. The van der Waals surface area contributed by atoms with Crippen molar-refractivity contribution in [1.82, 2.24) is 25.3 Å². The van der Waals surface area contributed by atoms with Crippen molar-refractivity contribution in [2.75, 3.05) is 10.6 Å². The summed E-state index contributed by atoms with van der Waals surface area (Å²) in [5.74, 6) is -1.13. The van der Waals surface area contributed by atoms with Crippen LogP contribution in [0, 0.1) is 23.0 Å². The summed E-state index contributed by atoms with van der Waals surface area (Å²) in [6.07, 6.45) is 5.08. The van der Waals surface area contributed by atoms with Crippen LogP contribution in [0.2, 0.25) is 10.0 Å². The van der Waals surface area contributed by atoms with Crippen LogP contribution in [-0.4, -0.2) is 31.1 Å². The Hall–Kier alpha value is -4.30. The van der Waals surface area contributed by atoms with Crippen molar-refractivity contribution in [3.8, 4) is 6.07 Å². The van der Waals surface area contributed by atoms with Gasteiger partial charge in [-0.15, -0.1) is 5.10 Å². The molecule has 46 heavy (non-hydrogen) atoms. The first kappa shape index (κ1) is 31.7. The lowest BCUT2D eigenvalue weighted by molar-refractivity contribution is 0.125. The first-order chi connectivity index (χ1) is 21.8.